The molecular weight excluding hydrogens is 294 g/mol. The first-order valence-electron chi connectivity index (χ1n) is 5.74. The fourth-order valence-electron chi connectivity index (χ4n) is 1.68. The first-order chi connectivity index (χ1) is 9.40. The molecule has 0 aliphatic rings. The summed E-state index contributed by atoms with van der Waals surface area (Å²) in [5.41, 5.74) is 1.77. The van der Waals surface area contributed by atoms with Crippen LogP contribution in [-0.4, -0.2) is 8.42 Å². The largest absolute Gasteiger partial charge is 0.366 e. The molecule has 3 N–H and O–H groups in total. The summed E-state index contributed by atoms with van der Waals surface area (Å²) in [4.78, 5) is 0.962. The Bertz CT molecular complexity index is 743. The van der Waals surface area contributed by atoms with Crippen LogP contribution in [0.4, 0.5) is 5.69 Å². The Balaban J connectivity index is 2.19. The van der Waals surface area contributed by atoms with Crippen LogP contribution in [0.2, 0.25) is 0 Å². The first kappa shape index (κ1) is 14.5. The van der Waals surface area contributed by atoms with Crippen LogP contribution in [0.25, 0.3) is 0 Å². The van der Waals surface area contributed by atoms with E-state index in [1.165, 1.54) is 23.5 Å². The number of anilines is 1. The summed E-state index contributed by atoms with van der Waals surface area (Å²) >= 11 is 1.51. The summed E-state index contributed by atoms with van der Waals surface area (Å²) in [6.45, 7) is 1.97. The van der Waals surface area contributed by atoms with Crippen molar-refractivity contribution < 1.29 is 8.42 Å². The molecule has 5 nitrogen and oxygen atoms in total. The Hall–Kier alpha value is -1.88. The summed E-state index contributed by atoms with van der Waals surface area (Å²) in [6.07, 6.45) is 0. The topological polar surface area (TPSA) is 96.0 Å². The molecule has 2 aromatic rings. The lowest BCUT2D eigenvalue weighted by Gasteiger charge is -2.11. The van der Waals surface area contributed by atoms with E-state index in [4.69, 9.17) is 5.14 Å². The highest BCUT2D eigenvalue weighted by molar-refractivity contribution is 7.89. The fourth-order valence-corrected chi connectivity index (χ4v) is 3.09. The molecule has 0 radical (unpaired) electrons. The minimum absolute atomic E-state index is 0.0449. The molecule has 0 aliphatic heterocycles. The number of hydrogen-bond donors (Lipinski definition) is 2. The van der Waals surface area contributed by atoms with Gasteiger partial charge < -0.3 is 5.32 Å². The van der Waals surface area contributed by atoms with E-state index in [0.29, 0.717) is 5.69 Å². The zero-order chi connectivity index (χ0) is 14.8. The summed E-state index contributed by atoms with van der Waals surface area (Å²) < 4.78 is 22.3. The number of thiophene rings is 1. The predicted molar refractivity (Wildman–Crippen MR) is 78.8 cm³/mol. The smallest absolute Gasteiger partial charge is 0.238 e. The summed E-state index contributed by atoms with van der Waals surface area (Å²) in [7, 11) is -3.69. The number of benzene rings is 1. The molecule has 1 aromatic carbocycles. The van der Waals surface area contributed by atoms with Crippen LogP contribution >= 0.6 is 11.3 Å². The highest BCUT2D eigenvalue weighted by Gasteiger charge is 2.13. The van der Waals surface area contributed by atoms with Crippen LogP contribution in [-0.2, 0) is 10.0 Å². The third kappa shape index (κ3) is 3.36. The highest BCUT2D eigenvalue weighted by Crippen LogP contribution is 2.25. The average molecular weight is 307 g/mol. The molecule has 20 heavy (non-hydrogen) atoms. The van der Waals surface area contributed by atoms with Crippen molar-refractivity contribution in [2.24, 2.45) is 5.14 Å². The lowest BCUT2D eigenvalue weighted by molar-refractivity contribution is 0.598. The standard InChI is InChI=1S/C13H13N3O2S2/c1-9-6-13(19-8-9)12(7-14)16-10-2-4-11(5-3-10)20(15,17)18/h2-6,8,12,16H,1H3,(H2,15,17,18). The average Bonchev–Trinajstić information content (AvgIpc) is 2.82. The monoisotopic (exact) mass is 307 g/mol. The lowest BCUT2D eigenvalue weighted by Crippen LogP contribution is -2.12. The van der Waals surface area contributed by atoms with Gasteiger partial charge in [-0.2, -0.15) is 5.26 Å². The minimum atomic E-state index is -3.69. The molecule has 1 aromatic heterocycles. The maximum absolute atomic E-state index is 11.2. The third-order valence-corrected chi connectivity index (χ3v) is 4.70. The van der Waals surface area contributed by atoms with Crippen molar-refractivity contribution in [3.8, 4) is 6.07 Å². The molecule has 0 amide bonds. The van der Waals surface area contributed by atoms with Gasteiger partial charge in [0, 0.05) is 10.6 Å². The van der Waals surface area contributed by atoms with Gasteiger partial charge in [-0.3, -0.25) is 0 Å². The van der Waals surface area contributed by atoms with Gasteiger partial charge in [-0.25, -0.2) is 13.6 Å². The van der Waals surface area contributed by atoms with Gasteiger partial charge in [0.2, 0.25) is 10.0 Å². The molecule has 1 heterocycles. The molecule has 0 fully saturated rings. The Morgan fingerprint density at radius 3 is 2.45 bits per heavy atom. The zero-order valence-electron chi connectivity index (χ0n) is 10.7. The number of nitrogens with one attached hydrogen (secondary N) is 1. The van der Waals surface area contributed by atoms with Gasteiger partial charge in [0.05, 0.1) is 11.0 Å². The summed E-state index contributed by atoms with van der Waals surface area (Å²) in [5, 5.41) is 19.3. The molecule has 0 bridgehead atoms. The van der Waals surface area contributed by atoms with Gasteiger partial charge in [0.1, 0.15) is 6.04 Å². The highest BCUT2D eigenvalue weighted by atomic mass is 32.2. The van der Waals surface area contributed by atoms with Gasteiger partial charge >= 0.3 is 0 Å². The van der Waals surface area contributed by atoms with Crippen molar-refractivity contribution in [3.05, 3.63) is 46.2 Å². The van der Waals surface area contributed by atoms with E-state index in [0.717, 1.165) is 10.4 Å². The quantitative estimate of drug-likeness (QED) is 0.906. The van der Waals surface area contributed by atoms with Crippen molar-refractivity contribution in [1.82, 2.24) is 0 Å². The summed E-state index contributed by atoms with van der Waals surface area (Å²) in [5.74, 6) is 0. The van der Waals surface area contributed by atoms with Crippen LogP contribution in [0, 0.1) is 18.3 Å². The molecule has 0 saturated heterocycles. The summed E-state index contributed by atoms with van der Waals surface area (Å²) in [6, 6.07) is 9.66. The van der Waals surface area contributed by atoms with Crippen molar-refractivity contribution in [3.63, 3.8) is 0 Å². The van der Waals surface area contributed by atoms with E-state index in [1.807, 2.05) is 18.4 Å². The first-order valence-corrected chi connectivity index (χ1v) is 8.17. The van der Waals surface area contributed by atoms with Gasteiger partial charge in [0.25, 0.3) is 0 Å². The van der Waals surface area contributed by atoms with E-state index in [9.17, 15) is 13.7 Å². The number of primary sulfonamides is 1. The molecule has 0 spiro atoms. The van der Waals surface area contributed by atoms with Crippen LogP contribution in [0.1, 0.15) is 16.5 Å². The van der Waals surface area contributed by atoms with Crippen LogP contribution < -0.4 is 10.5 Å². The van der Waals surface area contributed by atoms with Gasteiger partial charge in [-0.1, -0.05) is 0 Å². The maximum Gasteiger partial charge on any atom is 0.238 e. The fraction of sp³-hybridized carbons (Fsp3) is 0.154. The number of nitriles is 1. The number of nitrogens with two attached hydrogens (primary N) is 1. The Morgan fingerprint density at radius 1 is 1.35 bits per heavy atom. The van der Waals surface area contributed by atoms with Crippen LogP contribution in [0.15, 0.2) is 40.6 Å². The Morgan fingerprint density at radius 2 is 2.00 bits per heavy atom. The molecule has 104 valence electrons. The maximum atomic E-state index is 11.2. The second kappa shape index (κ2) is 5.63. The van der Waals surface area contributed by atoms with Gasteiger partial charge in [-0.05, 0) is 48.2 Å². The third-order valence-electron chi connectivity index (χ3n) is 2.66. The van der Waals surface area contributed by atoms with Gasteiger partial charge in [-0.15, -0.1) is 11.3 Å². The van der Waals surface area contributed by atoms with Crippen molar-refractivity contribution in [1.29, 1.82) is 5.26 Å². The zero-order valence-corrected chi connectivity index (χ0v) is 12.3. The number of nitrogens with zero attached hydrogens (tertiary/aromatic N) is 1. The molecule has 1 unspecified atom stereocenters. The lowest BCUT2D eigenvalue weighted by atomic mass is 10.2. The van der Waals surface area contributed by atoms with Gasteiger partial charge in [0.15, 0.2) is 0 Å². The number of hydrogen-bond acceptors (Lipinski definition) is 5. The molecular formula is C13H13N3O2S2. The predicted octanol–water partition coefficient (Wildman–Crippen LogP) is 2.38. The Kier molecular flexibility index (Phi) is 4.09. The van der Waals surface area contributed by atoms with Crippen molar-refractivity contribution >= 4 is 27.0 Å². The second-order valence-electron chi connectivity index (χ2n) is 4.30. The SMILES string of the molecule is Cc1csc(C(C#N)Nc2ccc(S(N)(=O)=O)cc2)c1. The van der Waals surface area contributed by atoms with Crippen LogP contribution in [0.5, 0.6) is 0 Å². The molecule has 1 atom stereocenters. The van der Waals surface area contributed by atoms with E-state index in [-0.39, 0.29) is 4.90 Å². The molecule has 0 aliphatic carbocycles. The van der Waals surface area contributed by atoms with Crippen LogP contribution in [0.3, 0.4) is 0 Å². The second-order valence-corrected chi connectivity index (χ2v) is 6.81. The Labute approximate surface area is 121 Å². The minimum Gasteiger partial charge on any atom is -0.366 e. The van der Waals surface area contributed by atoms with E-state index >= 15 is 0 Å². The van der Waals surface area contributed by atoms with E-state index in [1.54, 1.807) is 12.1 Å². The van der Waals surface area contributed by atoms with Crippen molar-refractivity contribution in [2.45, 2.75) is 17.9 Å². The normalized spacial score (nSPS) is 12.7. The molecule has 0 saturated carbocycles. The number of rotatable bonds is 4. The van der Waals surface area contributed by atoms with E-state index in [2.05, 4.69) is 11.4 Å². The molecule has 2 rings (SSSR count). The number of sulfonamides is 1. The molecule has 7 heteroatoms. The van der Waals surface area contributed by atoms with E-state index < -0.39 is 16.1 Å². The number of aryl methyl sites for hydroxylation is 1. The van der Waals surface area contributed by atoms with Crippen molar-refractivity contribution in [2.75, 3.05) is 5.32 Å².